The van der Waals surface area contributed by atoms with Gasteiger partial charge in [0.25, 0.3) is 5.56 Å². The Morgan fingerprint density at radius 2 is 2.21 bits per heavy atom. The number of halogens is 1. The molecule has 0 aliphatic heterocycles. The minimum atomic E-state index is -0.133. The van der Waals surface area contributed by atoms with E-state index in [0.29, 0.717) is 17.4 Å². The van der Waals surface area contributed by atoms with Crippen molar-refractivity contribution < 1.29 is 0 Å². The number of H-pyrrole nitrogens is 1. The van der Waals surface area contributed by atoms with Crippen molar-refractivity contribution in [1.82, 2.24) is 9.97 Å². The summed E-state index contributed by atoms with van der Waals surface area (Å²) in [5.74, 6) is 0. The first kappa shape index (κ1) is 14.3. The minimum Gasteiger partial charge on any atom is -0.330 e. The molecule has 0 saturated heterocycles. The molecule has 0 spiro atoms. The number of aromatic nitrogens is 2. The molecule has 1 aromatic heterocycles. The van der Waals surface area contributed by atoms with Gasteiger partial charge in [0.15, 0.2) is 5.16 Å². The molecule has 0 fully saturated rings. The van der Waals surface area contributed by atoms with Gasteiger partial charge in [0.1, 0.15) is 0 Å². The lowest BCUT2D eigenvalue weighted by molar-refractivity contribution is 0.904. The average Bonchev–Trinajstić information content (AvgIpc) is 2.32. The van der Waals surface area contributed by atoms with E-state index in [1.807, 2.05) is 18.2 Å². The van der Waals surface area contributed by atoms with Crippen LogP contribution in [-0.2, 0) is 6.42 Å². The van der Waals surface area contributed by atoms with Crippen molar-refractivity contribution >= 4 is 27.7 Å². The molecular weight excluding hydrogens is 326 g/mol. The number of aryl methyl sites for hydroxylation is 1. The van der Waals surface area contributed by atoms with Gasteiger partial charge in [-0.2, -0.15) is 0 Å². The highest BCUT2D eigenvalue weighted by Crippen LogP contribution is 2.31. The molecule has 0 bridgehead atoms. The largest absolute Gasteiger partial charge is 0.330 e. The first-order chi connectivity index (χ1) is 9.08. The van der Waals surface area contributed by atoms with E-state index in [4.69, 9.17) is 5.73 Å². The standard InChI is InChI=1S/C13H14BrN3OS/c1-8-6-12(18)17-13(16-8)19-11-3-2-9(4-5-15)7-10(11)14/h2-3,6-7H,4-5,15H2,1H3,(H,16,17,18). The van der Waals surface area contributed by atoms with Crippen LogP contribution in [0.15, 0.2) is 43.6 Å². The van der Waals surface area contributed by atoms with Gasteiger partial charge in [0.05, 0.1) is 0 Å². The molecule has 0 aliphatic rings. The summed E-state index contributed by atoms with van der Waals surface area (Å²) in [6, 6.07) is 7.56. The van der Waals surface area contributed by atoms with Crippen molar-refractivity contribution in [3.05, 3.63) is 50.3 Å². The third-order valence-electron chi connectivity index (χ3n) is 2.48. The van der Waals surface area contributed by atoms with Crippen LogP contribution in [0.3, 0.4) is 0 Å². The number of rotatable bonds is 4. The summed E-state index contributed by atoms with van der Waals surface area (Å²) >= 11 is 4.95. The number of benzene rings is 1. The lowest BCUT2D eigenvalue weighted by Crippen LogP contribution is -2.07. The van der Waals surface area contributed by atoms with Crippen molar-refractivity contribution in [3.63, 3.8) is 0 Å². The summed E-state index contributed by atoms with van der Waals surface area (Å²) in [6.07, 6.45) is 0.850. The molecule has 0 radical (unpaired) electrons. The van der Waals surface area contributed by atoms with Crippen molar-refractivity contribution in [1.29, 1.82) is 0 Å². The number of aromatic amines is 1. The van der Waals surface area contributed by atoms with Gasteiger partial charge in [-0.15, -0.1) is 0 Å². The van der Waals surface area contributed by atoms with Crippen LogP contribution in [0.1, 0.15) is 11.3 Å². The number of hydrogen-bond acceptors (Lipinski definition) is 4. The third-order valence-corrected chi connectivity index (χ3v) is 4.37. The number of nitrogens with one attached hydrogen (secondary N) is 1. The molecule has 0 aliphatic carbocycles. The smallest absolute Gasteiger partial charge is 0.251 e. The number of nitrogens with two attached hydrogens (primary N) is 1. The van der Waals surface area contributed by atoms with Crippen LogP contribution in [0.25, 0.3) is 0 Å². The summed E-state index contributed by atoms with van der Waals surface area (Å²) < 4.78 is 0.979. The molecule has 1 aromatic carbocycles. The number of nitrogens with zero attached hydrogens (tertiary/aromatic N) is 1. The maximum absolute atomic E-state index is 11.4. The average molecular weight is 340 g/mol. The van der Waals surface area contributed by atoms with Crippen LogP contribution >= 0.6 is 27.7 Å². The third kappa shape index (κ3) is 3.92. The van der Waals surface area contributed by atoms with Gasteiger partial charge >= 0.3 is 0 Å². The van der Waals surface area contributed by atoms with E-state index in [9.17, 15) is 4.79 Å². The van der Waals surface area contributed by atoms with Gasteiger partial charge in [-0.05, 0) is 53.5 Å². The van der Waals surface area contributed by atoms with Gasteiger partial charge in [-0.1, -0.05) is 17.8 Å². The maximum Gasteiger partial charge on any atom is 0.251 e. The molecule has 0 saturated carbocycles. The van der Waals surface area contributed by atoms with E-state index < -0.39 is 0 Å². The summed E-state index contributed by atoms with van der Waals surface area (Å²) in [5, 5.41) is 0.595. The Balaban J connectivity index is 2.25. The zero-order chi connectivity index (χ0) is 13.8. The fourth-order valence-corrected chi connectivity index (χ4v) is 3.16. The maximum atomic E-state index is 11.4. The first-order valence-corrected chi connectivity index (χ1v) is 7.44. The van der Waals surface area contributed by atoms with Crippen LogP contribution in [0, 0.1) is 6.92 Å². The van der Waals surface area contributed by atoms with Crippen molar-refractivity contribution in [2.45, 2.75) is 23.4 Å². The van der Waals surface area contributed by atoms with Crippen LogP contribution < -0.4 is 11.3 Å². The second kappa shape index (κ2) is 6.36. The second-order valence-corrected chi connectivity index (χ2v) is 5.98. The molecule has 6 heteroatoms. The Labute approximate surface area is 124 Å². The Bertz CT molecular complexity index is 642. The highest BCUT2D eigenvalue weighted by atomic mass is 79.9. The molecule has 0 amide bonds. The lowest BCUT2D eigenvalue weighted by Gasteiger charge is -2.06. The Kier molecular flexibility index (Phi) is 4.79. The molecule has 3 N–H and O–H groups in total. The molecule has 2 aromatic rings. The molecule has 0 unspecified atom stereocenters. The van der Waals surface area contributed by atoms with Crippen LogP contribution in [0.5, 0.6) is 0 Å². The van der Waals surface area contributed by atoms with Gasteiger partial charge in [-0.25, -0.2) is 4.98 Å². The van der Waals surface area contributed by atoms with Gasteiger partial charge in [0.2, 0.25) is 0 Å². The van der Waals surface area contributed by atoms with Crippen LogP contribution in [0.2, 0.25) is 0 Å². The van der Waals surface area contributed by atoms with Gasteiger partial charge in [-0.3, -0.25) is 4.79 Å². The molecule has 0 atom stereocenters. The van der Waals surface area contributed by atoms with Crippen molar-refractivity contribution in [2.24, 2.45) is 5.73 Å². The van der Waals surface area contributed by atoms with E-state index in [1.165, 1.54) is 23.4 Å². The SMILES string of the molecule is Cc1cc(=O)[nH]c(Sc2ccc(CCN)cc2Br)n1. The fraction of sp³-hybridized carbons (Fsp3) is 0.231. The van der Waals surface area contributed by atoms with E-state index >= 15 is 0 Å². The monoisotopic (exact) mass is 339 g/mol. The molecule has 1 heterocycles. The molecular formula is C13H14BrN3OS. The van der Waals surface area contributed by atoms with Gasteiger partial charge in [0, 0.05) is 21.1 Å². The lowest BCUT2D eigenvalue weighted by atomic mass is 10.2. The topological polar surface area (TPSA) is 71.8 Å². The van der Waals surface area contributed by atoms with Crippen LogP contribution in [-0.4, -0.2) is 16.5 Å². The summed E-state index contributed by atoms with van der Waals surface area (Å²) in [6.45, 7) is 2.43. The Hall–Kier alpha value is -1.11. The zero-order valence-electron chi connectivity index (χ0n) is 10.4. The summed E-state index contributed by atoms with van der Waals surface area (Å²) in [7, 11) is 0. The predicted octanol–water partition coefficient (Wildman–Crippen LogP) is 2.49. The normalized spacial score (nSPS) is 10.7. The highest BCUT2D eigenvalue weighted by molar-refractivity contribution is 9.10. The van der Waals surface area contributed by atoms with E-state index in [1.54, 1.807) is 6.92 Å². The molecule has 100 valence electrons. The van der Waals surface area contributed by atoms with E-state index in [-0.39, 0.29) is 5.56 Å². The molecule has 2 rings (SSSR count). The first-order valence-electron chi connectivity index (χ1n) is 5.83. The Morgan fingerprint density at radius 1 is 1.42 bits per heavy atom. The fourth-order valence-electron chi connectivity index (χ4n) is 1.65. The number of hydrogen-bond donors (Lipinski definition) is 2. The zero-order valence-corrected chi connectivity index (χ0v) is 12.8. The second-order valence-electron chi connectivity index (χ2n) is 4.10. The molecule has 4 nitrogen and oxygen atoms in total. The van der Waals surface area contributed by atoms with E-state index in [2.05, 4.69) is 25.9 Å². The quantitative estimate of drug-likeness (QED) is 0.839. The Morgan fingerprint density at radius 3 is 2.84 bits per heavy atom. The highest BCUT2D eigenvalue weighted by Gasteiger charge is 2.06. The summed E-state index contributed by atoms with van der Waals surface area (Å²) in [4.78, 5) is 19.4. The van der Waals surface area contributed by atoms with Crippen molar-refractivity contribution in [3.8, 4) is 0 Å². The van der Waals surface area contributed by atoms with Gasteiger partial charge < -0.3 is 10.7 Å². The predicted molar refractivity (Wildman–Crippen MR) is 80.6 cm³/mol. The van der Waals surface area contributed by atoms with E-state index in [0.717, 1.165) is 15.8 Å². The minimum absolute atomic E-state index is 0.133. The summed E-state index contributed by atoms with van der Waals surface area (Å²) in [5.41, 5.74) is 7.30. The van der Waals surface area contributed by atoms with Crippen LogP contribution in [0.4, 0.5) is 0 Å². The van der Waals surface area contributed by atoms with Crippen molar-refractivity contribution in [2.75, 3.05) is 6.54 Å². The molecule has 19 heavy (non-hydrogen) atoms.